The number of carbonyl (C=O) groups is 1. The van der Waals surface area contributed by atoms with E-state index in [9.17, 15) is 17.6 Å². The Kier molecular flexibility index (Phi) is 5.95. The van der Waals surface area contributed by atoms with Gasteiger partial charge in [-0.3, -0.25) is 4.79 Å². The summed E-state index contributed by atoms with van der Waals surface area (Å²) >= 11 is 0. The van der Waals surface area contributed by atoms with Crippen LogP contribution in [0.25, 0.3) is 0 Å². The van der Waals surface area contributed by atoms with E-state index in [1.165, 1.54) is 6.07 Å². The quantitative estimate of drug-likeness (QED) is 0.830. The lowest BCUT2D eigenvalue weighted by molar-refractivity contribution is -0.130. The molecule has 1 heterocycles. The van der Waals surface area contributed by atoms with Crippen molar-refractivity contribution < 1.29 is 17.6 Å². The fraction of sp³-hybridized carbons (Fsp3) is 0.533. The van der Waals surface area contributed by atoms with Gasteiger partial charge in [-0.25, -0.2) is 17.5 Å². The van der Waals surface area contributed by atoms with Crippen molar-refractivity contribution in [2.75, 3.05) is 43.4 Å². The second-order valence-corrected chi connectivity index (χ2v) is 7.39. The standard InChI is InChI=1S/C15H22FN3O3S/c1-2-11-23(21,22)17-12-15(20)19-9-7-18(8-10-19)14-6-4-3-5-13(14)16/h3-6,17H,2,7-12H2,1H3. The topological polar surface area (TPSA) is 69.7 Å². The van der Waals surface area contributed by atoms with Crippen molar-refractivity contribution in [3.63, 3.8) is 0 Å². The molecule has 0 spiro atoms. The van der Waals surface area contributed by atoms with E-state index in [0.29, 0.717) is 38.3 Å². The van der Waals surface area contributed by atoms with Gasteiger partial charge in [0.15, 0.2) is 0 Å². The van der Waals surface area contributed by atoms with Gasteiger partial charge in [0, 0.05) is 26.2 Å². The summed E-state index contributed by atoms with van der Waals surface area (Å²) in [5, 5.41) is 0. The van der Waals surface area contributed by atoms with Gasteiger partial charge in [-0.05, 0) is 18.6 Å². The SMILES string of the molecule is CCCS(=O)(=O)NCC(=O)N1CCN(c2ccccc2F)CC1. The summed E-state index contributed by atoms with van der Waals surface area (Å²) in [5.41, 5.74) is 0.531. The van der Waals surface area contributed by atoms with Crippen LogP contribution in [0.1, 0.15) is 13.3 Å². The van der Waals surface area contributed by atoms with Gasteiger partial charge in [0.1, 0.15) is 5.82 Å². The van der Waals surface area contributed by atoms with Crippen molar-refractivity contribution in [2.45, 2.75) is 13.3 Å². The highest BCUT2D eigenvalue weighted by atomic mass is 32.2. The lowest BCUT2D eigenvalue weighted by Gasteiger charge is -2.36. The van der Waals surface area contributed by atoms with Crippen molar-refractivity contribution in [2.24, 2.45) is 0 Å². The number of rotatable bonds is 6. The van der Waals surface area contributed by atoms with E-state index >= 15 is 0 Å². The number of halogens is 1. The van der Waals surface area contributed by atoms with E-state index in [2.05, 4.69) is 4.72 Å². The molecule has 1 N–H and O–H groups in total. The molecule has 8 heteroatoms. The maximum Gasteiger partial charge on any atom is 0.237 e. The maximum absolute atomic E-state index is 13.8. The monoisotopic (exact) mass is 343 g/mol. The van der Waals surface area contributed by atoms with Crippen LogP contribution in [0.15, 0.2) is 24.3 Å². The first-order chi connectivity index (χ1) is 10.9. The molecule has 0 saturated carbocycles. The summed E-state index contributed by atoms with van der Waals surface area (Å²) in [6.45, 7) is 3.49. The van der Waals surface area contributed by atoms with Crippen LogP contribution in [0.2, 0.25) is 0 Å². The van der Waals surface area contributed by atoms with E-state index in [-0.39, 0.29) is 24.0 Å². The molecular weight excluding hydrogens is 321 g/mol. The number of anilines is 1. The molecule has 1 aromatic rings. The molecule has 1 fully saturated rings. The van der Waals surface area contributed by atoms with E-state index in [1.54, 1.807) is 30.0 Å². The molecule has 1 aliphatic rings. The molecule has 0 radical (unpaired) electrons. The highest BCUT2D eigenvalue weighted by molar-refractivity contribution is 7.89. The van der Waals surface area contributed by atoms with Crippen LogP contribution in [0.5, 0.6) is 0 Å². The van der Waals surface area contributed by atoms with Crippen LogP contribution >= 0.6 is 0 Å². The van der Waals surface area contributed by atoms with Crippen LogP contribution in [0.3, 0.4) is 0 Å². The first-order valence-electron chi connectivity index (χ1n) is 7.67. The summed E-state index contributed by atoms with van der Waals surface area (Å²) in [5.74, 6) is -0.515. The number of hydrogen-bond donors (Lipinski definition) is 1. The van der Waals surface area contributed by atoms with Gasteiger partial charge in [0.25, 0.3) is 0 Å². The first-order valence-corrected chi connectivity index (χ1v) is 9.33. The summed E-state index contributed by atoms with van der Waals surface area (Å²) in [6, 6.07) is 6.54. The fourth-order valence-corrected chi connectivity index (χ4v) is 3.55. The third kappa shape index (κ3) is 4.90. The number of nitrogens with zero attached hydrogens (tertiary/aromatic N) is 2. The van der Waals surface area contributed by atoms with E-state index < -0.39 is 10.0 Å². The third-order valence-electron chi connectivity index (χ3n) is 3.74. The molecule has 2 rings (SSSR count). The molecule has 0 atom stereocenters. The molecule has 1 amide bonds. The molecule has 1 aromatic carbocycles. The smallest absolute Gasteiger partial charge is 0.237 e. The number of hydrogen-bond acceptors (Lipinski definition) is 4. The fourth-order valence-electron chi connectivity index (χ4n) is 2.53. The molecule has 1 saturated heterocycles. The van der Waals surface area contributed by atoms with Gasteiger partial charge in [-0.2, -0.15) is 0 Å². The lowest BCUT2D eigenvalue weighted by atomic mass is 10.2. The second kappa shape index (κ2) is 7.74. The minimum absolute atomic E-state index is 0.0152. The normalized spacial score (nSPS) is 15.7. The van der Waals surface area contributed by atoms with Crippen LogP contribution < -0.4 is 9.62 Å². The molecule has 1 aliphatic heterocycles. The Morgan fingerprint density at radius 3 is 2.48 bits per heavy atom. The van der Waals surface area contributed by atoms with Gasteiger partial charge in [-0.15, -0.1) is 0 Å². The number of carbonyl (C=O) groups excluding carboxylic acids is 1. The van der Waals surface area contributed by atoms with Crippen molar-refractivity contribution in [1.29, 1.82) is 0 Å². The Labute approximate surface area is 136 Å². The van der Waals surface area contributed by atoms with Gasteiger partial charge in [0.2, 0.25) is 15.9 Å². The average molecular weight is 343 g/mol. The molecule has 0 aliphatic carbocycles. The Hall–Kier alpha value is -1.67. The van der Waals surface area contributed by atoms with Crippen molar-refractivity contribution >= 4 is 21.6 Å². The molecular formula is C15H22FN3O3S. The number of para-hydroxylation sites is 1. The molecule has 6 nitrogen and oxygen atoms in total. The maximum atomic E-state index is 13.8. The number of amides is 1. The number of benzene rings is 1. The van der Waals surface area contributed by atoms with E-state index in [1.807, 2.05) is 4.90 Å². The van der Waals surface area contributed by atoms with E-state index in [0.717, 1.165) is 0 Å². The van der Waals surface area contributed by atoms with Crippen molar-refractivity contribution in [1.82, 2.24) is 9.62 Å². The van der Waals surface area contributed by atoms with Crippen molar-refractivity contribution in [3.8, 4) is 0 Å². The van der Waals surface area contributed by atoms with Gasteiger partial charge < -0.3 is 9.80 Å². The zero-order valence-corrected chi connectivity index (χ0v) is 14.0. The molecule has 0 bridgehead atoms. The van der Waals surface area contributed by atoms with E-state index in [4.69, 9.17) is 0 Å². The molecule has 128 valence electrons. The molecule has 0 unspecified atom stereocenters. The van der Waals surface area contributed by atoms with Crippen molar-refractivity contribution in [3.05, 3.63) is 30.1 Å². The highest BCUT2D eigenvalue weighted by Gasteiger charge is 2.23. The summed E-state index contributed by atoms with van der Waals surface area (Å²) in [4.78, 5) is 15.6. The van der Waals surface area contributed by atoms with Crippen LogP contribution in [0.4, 0.5) is 10.1 Å². The average Bonchev–Trinajstić information content (AvgIpc) is 2.53. The van der Waals surface area contributed by atoms with Gasteiger partial charge in [0.05, 0.1) is 18.0 Å². The minimum atomic E-state index is -3.38. The zero-order valence-electron chi connectivity index (χ0n) is 13.2. The predicted octanol–water partition coefficient (Wildman–Crippen LogP) is 0.804. The lowest BCUT2D eigenvalue weighted by Crippen LogP contribution is -2.51. The Morgan fingerprint density at radius 2 is 1.87 bits per heavy atom. The summed E-state index contributed by atoms with van der Waals surface area (Å²) in [6.07, 6.45) is 0.505. The predicted molar refractivity (Wildman–Crippen MR) is 87.3 cm³/mol. The largest absolute Gasteiger partial charge is 0.366 e. The Morgan fingerprint density at radius 1 is 1.22 bits per heavy atom. The number of piperazine rings is 1. The van der Waals surface area contributed by atoms with Crippen LogP contribution in [-0.2, 0) is 14.8 Å². The summed E-state index contributed by atoms with van der Waals surface area (Å²) in [7, 11) is -3.38. The number of sulfonamides is 1. The zero-order chi connectivity index (χ0) is 16.9. The van der Waals surface area contributed by atoms with Crippen LogP contribution in [-0.4, -0.2) is 57.7 Å². The summed E-state index contributed by atoms with van der Waals surface area (Å²) < 4.78 is 39.2. The Bertz CT molecular complexity index is 643. The molecule has 0 aromatic heterocycles. The first kappa shape index (κ1) is 17.7. The van der Waals surface area contributed by atoms with Gasteiger partial charge in [-0.1, -0.05) is 19.1 Å². The van der Waals surface area contributed by atoms with Crippen LogP contribution in [0, 0.1) is 5.82 Å². The molecule has 23 heavy (non-hydrogen) atoms. The Balaban J connectivity index is 1.84. The highest BCUT2D eigenvalue weighted by Crippen LogP contribution is 2.20. The minimum Gasteiger partial charge on any atom is -0.366 e. The number of nitrogens with one attached hydrogen (secondary N) is 1. The second-order valence-electron chi connectivity index (χ2n) is 5.46. The third-order valence-corrected chi connectivity index (χ3v) is 5.27. The van der Waals surface area contributed by atoms with Gasteiger partial charge >= 0.3 is 0 Å².